The zero-order valence-electron chi connectivity index (χ0n) is 25.9. The van der Waals surface area contributed by atoms with Crippen LogP contribution >= 0.6 is 0 Å². The number of nitrogens with zero attached hydrogens (tertiary/aromatic N) is 6. The van der Waals surface area contributed by atoms with Crippen molar-refractivity contribution in [3.63, 3.8) is 0 Å². The molecule has 1 aliphatic heterocycles. The van der Waals surface area contributed by atoms with E-state index in [0.717, 1.165) is 20.3 Å². The lowest BCUT2D eigenvalue weighted by Crippen LogP contribution is -2.54. The largest absolute Gasteiger partial charge is 0.515 e. The van der Waals surface area contributed by atoms with Gasteiger partial charge >= 0.3 is 13.2 Å². The summed E-state index contributed by atoms with van der Waals surface area (Å²) in [7, 11) is -4.05. The molecule has 44 heavy (non-hydrogen) atoms. The molecule has 1 fully saturated rings. The zero-order chi connectivity index (χ0) is 32.8. The Labute approximate surface area is 255 Å². The van der Waals surface area contributed by atoms with Crippen LogP contribution in [0, 0.1) is 18.3 Å². The summed E-state index contributed by atoms with van der Waals surface area (Å²) in [6.45, 7) is 10.9. The van der Waals surface area contributed by atoms with Gasteiger partial charge in [0.05, 0.1) is 11.1 Å². The molecule has 240 valence electrons. The summed E-state index contributed by atoms with van der Waals surface area (Å²) < 4.78 is 82.8. The van der Waals surface area contributed by atoms with Gasteiger partial charge in [-0.2, -0.15) is 18.3 Å². The Morgan fingerprint density at radius 1 is 1.20 bits per heavy atom. The van der Waals surface area contributed by atoms with Crippen LogP contribution in [0.5, 0.6) is 5.88 Å². The van der Waals surface area contributed by atoms with Crippen LogP contribution in [0.4, 0.5) is 19.0 Å². The maximum absolute atomic E-state index is 13.4. The predicted molar refractivity (Wildman–Crippen MR) is 157 cm³/mol. The third-order valence-corrected chi connectivity index (χ3v) is 8.96. The molecule has 0 aromatic carbocycles. The van der Waals surface area contributed by atoms with Crippen LogP contribution in [-0.2, 0) is 26.5 Å². The first-order valence-corrected chi connectivity index (χ1v) is 15.4. The number of nitrogens with one attached hydrogen (secondary N) is 1. The lowest BCUT2D eigenvalue weighted by molar-refractivity contribution is -0.219. The molecule has 3 aromatic heterocycles. The molecule has 17 heteroatoms. The van der Waals surface area contributed by atoms with Gasteiger partial charge in [-0.15, -0.1) is 5.10 Å². The Kier molecular flexibility index (Phi) is 8.87. The van der Waals surface area contributed by atoms with E-state index in [2.05, 4.69) is 21.8 Å². The summed E-state index contributed by atoms with van der Waals surface area (Å²) in [4.78, 5) is 19.0. The fourth-order valence-electron chi connectivity index (χ4n) is 5.17. The molecule has 3 aromatic rings. The number of pyridine rings is 1. The summed E-state index contributed by atoms with van der Waals surface area (Å²) >= 11 is 0. The van der Waals surface area contributed by atoms with Crippen LogP contribution in [0.25, 0.3) is 5.82 Å². The van der Waals surface area contributed by atoms with Gasteiger partial charge < -0.3 is 14.3 Å². The van der Waals surface area contributed by atoms with E-state index in [1.165, 1.54) is 34.7 Å². The Hall–Kier alpha value is -3.60. The Balaban J connectivity index is 1.75. The van der Waals surface area contributed by atoms with Crippen molar-refractivity contribution in [2.75, 3.05) is 18.1 Å². The molecule has 1 atom stereocenters. The smallest absolute Gasteiger partial charge is 0.502 e. The van der Waals surface area contributed by atoms with Gasteiger partial charge in [0.25, 0.3) is 5.97 Å². The van der Waals surface area contributed by atoms with E-state index in [1.807, 2.05) is 18.7 Å². The molecule has 12 nitrogen and oxygen atoms in total. The topological polar surface area (TPSA) is 133 Å². The van der Waals surface area contributed by atoms with Crippen molar-refractivity contribution in [3.8, 4) is 11.7 Å². The SMILES string of the molecule is CC(=O)OB(NS(=O)(=O)c1cn(C)nc1C)c1ccc(-n2ccc(OCC(C)(C)C(F)(F)F)n2)nc1N1C[C@@H](C)CC1(C)C. The van der Waals surface area contributed by atoms with Crippen molar-refractivity contribution >= 4 is 34.3 Å². The van der Waals surface area contributed by atoms with E-state index in [4.69, 9.17) is 14.4 Å². The molecule has 0 radical (unpaired) electrons. The number of sulfonamides is 1. The van der Waals surface area contributed by atoms with Gasteiger partial charge in [-0.3, -0.25) is 9.48 Å². The van der Waals surface area contributed by atoms with Crippen LogP contribution in [-0.4, -0.2) is 70.8 Å². The second-order valence-corrected chi connectivity index (χ2v) is 14.1. The molecule has 4 heterocycles. The van der Waals surface area contributed by atoms with E-state index in [1.54, 1.807) is 26.1 Å². The van der Waals surface area contributed by atoms with E-state index in [0.29, 0.717) is 12.4 Å². The maximum atomic E-state index is 13.4. The number of rotatable bonds is 10. The minimum atomic E-state index is -4.46. The number of ether oxygens (including phenoxy) is 1. The van der Waals surface area contributed by atoms with Gasteiger partial charge in [0.15, 0.2) is 5.82 Å². The molecule has 0 bridgehead atoms. The normalized spacial score (nSPS) is 17.2. The molecular weight excluding hydrogens is 602 g/mol. The Morgan fingerprint density at radius 3 is 2.43 bits per heavy atom. The second kappa shape index (κ2) is 11.7. The molecule has 0 spiro atoms. The van der Waals surface area contributed by atoms with Gasteiger partial charge in [-0.25, -0.2) is 22.7 Å². The average molecular weight is 640 g/mol. The number of alkyl halides is 3. The van der Waals surface area contributed by atoms with Crippen molar-refractivity contribution in [2.45, 2.75) is 71.5 Å². The summed E-state index contributed by atoms with van der Waals surface area (Å²) in [6, 6.07) is 4.55. The highest BCUT2D eigenvalue weighted by Gasteiger charge is 2.48. The average Bonchev–Trinajstić information content (AvgIpc) is 3.57. The van der Waals surface area contributed by atoms with E-state index in [9.17, 15) is 26.4 Å². The number of aryl methyl sites for hydroxylation is 2. The molecule has 0 aliphatic carbocycles. The predicted octanol–water partition coefficient (Wildman–Crippen LogP) is 3.14. The van der Waals surface area contributed by atoms with Crippen molar-refractivity contribution in [3.05, 3.63) is 36.3 Å². The van der Waals surface area contributed by atoms with Gasteiger partial charge in [-0.1, -0.05) is 13.0 Å². The molecule has 4 rings (SSSR count). The van der Waals surface area contributed by atoms with Crippen molar-refractivity contribution < 1.29 is 35.8 Å². The number of carbonyl (C=O) groups excluding carboxylic acids is 1. The van der Waals surface area contributed by atoms with Crippen molar-refractivity contribution in [1.82, 2.24) is 29.2 Å². The third-order valence-electron chi connectivity index (χ3n) is 7.45. The first-order valence-electron chi connectivity index (χ1n) is 13.9. The second-order valence-electron chi connectivity index (χ2n) is 12.4. The lowest BCUT2D eigenvalue weighted by atomic mass is 9.74. The quantitative estimate of drug-likeness (QED) is 0.332. The number of anilines is 1. The van der Waals surface area contributed by atoms with Gasteiger partial charge in [-0.05, 0) is 53.0 Å². The first-order chi connectivity index (χ1) is 20.2. The van der Waals surface area contributed by atoms with Gasteiger partial charge in [0.1, 0.15) is 17.3 Å². The van der Waals surface area contributed by atoms with E-state index >= 15 is 0 Å². The van der Waals surface area contributed by atoms with Crippen LogP contribution in [0.15, 0.2) is 35.5 Å². The highest BCUT2D eigenvalue weighted by Crippen LogP contribution is 2.38. The minimum Gasteiger partial charge on any atom is -0.515 e. The summed E-state index contributed by atoms with van der Waals surface area (Å²) in [5.41, 5.74) is -1.94. The van der Waals surface area contributed by atoms with Gasteiger partial charge in [0.2, 0.25) is 15.9 Å². The number of hydrogen-bond acceptors (Lipinski definition) is 9. The van der Waals surface area contributed by atoms with Crippen LogP contribution < -0.4 is 19.7 Å². The van der Waals surface area contributed by atoms with E-state index in [-0.39, 0.29) is 33.7 Å². The number of halogens is 3. The number of carbonyl (C=O) groups is 1. The first kappa shape index (κ1) is 33.3. The highest BCUT2D eigenvalue weighted by molar-refractivity contribution is 7.90. The molecule has 1 N–H and O–H groups in total. The van der Waals surface area contributed by atoms with Crippen LogP contribution in [0.3, 0.4) is 0 Å². The Bertz CT molecular complexity index is 1640. The zero-order valence-corrected chi connectivity index (χ0v) is 26.7. The monoisotopic (exact) mass is 639 g/mol. The van der Waals surface area contributed by atoms with Crippen molar-refractivity contribution in [2.24, 2.45) is 18.4 Å². The fourth-order valence-corrected chi connectivity index (χ4v) is 6.47. The Morgan fingerprint density at radius 2 is 1.89 bits per heavy atom. The van der Waals surface area contributed by atoms with Crippen LogP contribution in [0.2, 0.25) is 0 Å². The minimum absolute atomic E-state index is 0.0257. The number of aromatic nitrogens is 5. The summed E-state index contributed by atoms with van der Waals surface area (Å²) in [5.74, 6) is 0.163. The van der Waals surface area contributed by atoms with Crippen LogP contribution in [0.1, 0.15) is 53.7 Å². The molecule has 0 saturated carbocycles. The van der Waals surface area contributed by atoms with E-state index < -0.39 is 46.8 Å². The maximum Gasteiger partial charge on any atom is 0.502 e. The standard InChI is InChI=1S/C27H37BF3N7O5S/c1-17-13-26(6,7)37(14-17)24-20(28(43-19(3)39)35-44(40,41)21-15-36(8)33-18(21)2)9-10-22(32-24)38-12-11-23(34-38)42-16-25(4,5)27(29,30)31/h9-12,15,17,35H,13-14,16H2,1-8H3/t17-/m0/s1. The van der Waals surface area contributed by atoms with Gasteiger partial charge in [0, 0.05) is 50.0 Å². The molecule has 1 aliphatic rings. The third kappa shape index (κ3) is 7.03. The number of hydrogen-bond donors (Lipinski definition) is 1. The fraction of sp³-hybridized carbons (Fsp3) is 0.556. The molecule has 0 amide bonds. The molecule has 1 saturated heterocycles. The molecule has 0 unspecified atom stereocenters. The summed E-state index contributed by atoms with van der Waals surface area (Å²) in [5, 5.41) is 8.36. The van der Waals surface area contributed by atoms with Crippen molar-refractivity contribution in [1.29, 1.82) is 0 Å². The lowest BCUT2D eigenvalue weighted by Gasteiger charge is -2.34. The highest BCUT2D eigenvalue weighted by atomic mass is 32.2. The molecular formula is C27H37BF3N7O5S. The summed E-state index contributed by atoms with van der Waals surface area (Å²) in [6.07, 6.45) is -0.802.